The fourth-order valence-electron chi connectivity index (χ4n) is 6.44. The lowest BCUT2D eigenvalue weighted by Gasteiger charge is -2.24. The van der Waals surface area contributed by atoms with Crippen molar-refractivity contribution < 1.29 is 19.0 Å². The number of allylic oxidation sites excluding steroid dienone is 1. The van der Waals surface area contributed by atoms with Crippen LogP contribution >= 0.6 is 34.5 Å². The summed E-state index contributed by atoms with van der Waals surface area (Å²) < 4.78 is 23.2. The van der Waals surface area contributed by atoms with Gasteiger partial charge in [-0.05, 0) is 67.8 Å². The van der Waals surface area contributed by atoms with E-state index in [-0.39, 0.29) is 41.6 Å². The first-order valence-corrected chi connectivity index (χ1v) is 18.6. The molecule has 3 aromatic heterocycles. The lowest BCUT2D eigenvalue weighted by molar-refractivity contribution is -0.139. The van der Waals surface area contributed by atoms with E-state index in [2.05, 4.69) is 9.98 Å². The Morgan fingerprint density at radius 1 is 0.945 bits per heavy atom. The van der Waals surface area contributed by atoms with Gasteiger partial charge in [0.2, 0.25) is 0 Å². The number of aromatic nitrogens is 5. The predicted octanol–water partition coefficient (Wildman–Crippen LogP) is 5.01. The van der Waals surface area contributed by atoms with Gasteiger partial charge in [0.25, 0.3) is 11.1 Å². The fourth-order valence-corrected chi connectivity index (χ4v) is 7.95. The molecule has 6 aromatic rings. The number of thiazole rings is 1. The first kappa shape index (κ1) is 37.6. The van der Waals surface area contributed by atoms with Crippen LogP contribution in [-0.4, -0.2) is 42.9 Å². The Kier molecular flexibility index (Phi) is 10.2. The molecule has 55 heavy (non-hydrogen) atoms. The van der Waals surface area contributed by atoms with Gasteiger partial charge >= 0.3 is 17.7 Å². The Labute approximate surface area is 327 Å². The van der Waals surface area contributed by atoms with Gasteiger partial charge in [0.15, 0.2) is 27.5 Å². The third kappa shape index (κ3) is 6.81. The van der Waals surface area contributed by atoms with Gasteiger partial charge in [-0.25, -0.2) is 14.6 Å². The second-order valence-corrected chi connectivity index (χ2v) is 14.7. The van der Waals surface area contributed by atoms with Crippen molar-refractivity contribution in [2.45, 2.75) is 33.4 Å². The molecular formula is C39H34Cl2N6O7S. The monoisotopic (exact) mass is 800 g/mol. The van der Waals surface area contributed by atoms with Crippen molar-refractivity contribution in [3.8, 4) is 17.5 Å². The van der Waals surface area contributed by atoms with Crippen molar-refractivity contribution in [2.75, 3.05) is 13.7 Å². The molecule has 0 saturated heterocycles. The molecule has 7 rings (SSSR count). The number of halogens is 2. The smallest absolute Gasteiger partial charge is 0.338 e. The topological polar surface area (TPSA) is 141 Å². The average Bonchev–Trinajstić information content (AvgIpc) is 3.67. The molecule has 0 aliphatic carbocycles. The van der Waals surface area contributed by atoms with Gasteiger partial charge in [0.1, 0.15) is 0 Å². The van der Waals surface area contributed by atoms with E-state index in [1.807, 2.05) is 31.2 Å². The van der Waals surface area contributed by atoms with Crippen molar-refractivity contribution in [3.63, 3.8) is 0 Å². The summed E-state index contributed by atoms with van der Waals surface area (Å²) in [7, 11) is 4.37. The number of rotatable bonds is 9. The van der Waals surface area contributed by atoms with Crippen LogP contribution in [0.25, 0.3) is 17.2 Å². The van der Waals surface area contributed by atoms with E-state index < -0.39 is 23.3 Å². The number of fused-ring (bicyclic) bond motifs is 2. The number of nitrogens with zero attached hydrogens (tertiary/aromatic N) is 6. The van der Waals surface area contributed by atoms with Crippen LogP contribution in [0, 0.1) is 6.92 Å². The van der Waals surface area contributed by atoms with Crippen LogP contribution in [0.3, 0.4) is 0 Å². The minimum Gasteiger partial charge on any atom is -0.493 e. The number of esters is 1. The molecule has 0 N–H and O–H groups in total. The summed E-state index contributed by atoms with van der Waals surface area (Å²) in [6, 6.07) is 17.0. The number of imidazole rings is 1. The molecule has 0 bridgehead atoms. The van der Waals surface area contributed by atoms with Crippen molar-refractivity contribution in [1.82, 2.24) is 23.3 Å². The molecule has 4 heterocycles. The summed E-state index contributed by atoms with van der Waals surface area (Å²) in [5.74, 6) is 0.0106. The van der Waals surface area contributed by atoms with Gasteiger partial charge in [-0.1, -0.05) is 76.5 Å². The van der Waals surface area contributed by atoms with Crippen LogP contribution in [0.4, 0.5) is 0 Å². The molecule has 0 saturated carbocycles. The van der Waals surface area contributed by atoms with E-state index in [0.717, 1.165) is 15.7 Å². The van der Waals surface area contributed by atoms with Crippen molar-refractivity contribution in [3.05, 3.63) is 145 Å². The number of hydrogen-bond acceptors (Lipinski definition) is 10. The minimum atomic E-state index is -0.735. The molecule has 1 unspecified atom stereocenters. The number of methoxy groups -OCH3 is 1. The second kappa shape index (κ2) is 14.9. The van der Waals surface area contributed by atoms with E-state index in [4.69, 9.17) is 37.4 Å². The fraction of sp³-hybridized carbons (Fsp3) is 0.231. The van der Waals surface area contributed by atoms with Crippen molar-refractivity contribution >= 4 is 57.7 Å². The quantitative estimate of drug-likeness (QED) is 0.186. The largest absolute Gasteiger partial charge is 0.493 e. The lowest BCUT2D eigenvalue weighted by atomic mass is 9.95. The molecule has 0 amide bonds. The van der Waals surface area contributed by atoms with Crippen LogP contribution in [0.15, 0.2) is 91.3 Å². The highest BCUT2D eigenvalue weighted by atomic mass is 35.5. The third-order valence-electron chi connectivity index (χ3n) is 9.25. The highest BCUT2D eigenvalue weighted by Gasteiger charge is 2.33. The van der Waals surface area contributed by atoms with Gasteiger partial charge in [0.05, 0.1) is 42.1 Å². The molecule has 3 aromatic carbocycles. The SMILES string of the molecule is CCOC(=O)C1=C(C)N=c2sc(=Cc3ccc(Oc4nc5c(c(=O)n(C)c(=O)n5C)n4Cc4ccc(Cl)cc4Cl)c(OC)c3)c(=O)n2C1c1ccc(C)cc1. The lowest BCUT2D eigenvalue weighted by Crippen LogP contribution is -2.39. The van der Waals surface area contributed by atoms with Gasteiger partial charge in [-0.2, -0.15) is 4.98 Å². The second-order valence-electron chi connectivity index (χ2n) is 12.8. The molecule has 1 atom stereocenters. The Morgan fingerprint density at radius 2 is 1.69 bits per heavy atom. The average molecular weight is 802 g/mol. The predicted molar refractivity (Wildman–Crippen MR) is 210 cm³/mol. The summed E-state index contributed by atoms with van der Waals surface area (Å²) in [6.07, 6.45) is 1.71. The van der Waals surface area contributed by atoms with Crippen molar-refractivity contribution in [2.24, 2.45) is 19.1 Å². The highest BCUT2D eigenvalue weighted by Crippen LogP contribution is 2.35. The Bertz CT molecular complexity index is 2890. The first-order chi connectivity index (χ1) is 26.3. The molecule has 0 spiro atoms. The van der Waals surface area contributed by atoms with E-state index in [1.165, 1.54) is 46.2 Å². The number of carbonyl (C=O) groups excluding carboxylic acids is 1. The van der Waals surface area contributed by atoms with Gasteiger partial charge in [-0.15, -0.1) is 0 Å². The van der Waals surface area contributed by atoms with Crippen LogP contribution in [0.5, 0.6) is 17.5 Å². The number of aryl methyl sites for hydroxylation is 2. The maximum absolute atomic E-state index is 14.2. The van der Waals surface area contributed by atoms with E-state index in [0.29, 0.717) is 47.5 Å². The molecule has 13 nitrogen and oxygen atoms in total. The molecule has 282 valence electrons. The van der Waals surface area contributed by atoms with E-state index in [1.54, 1.807) is 56.3 Å². The number of ether oxygens (including phenoxy) is 3. The molecule has 0 radical (unpaired) electrons. The third-order valence-corrected chi connectivity index (χ3v) is 10.8. The molecular weight excluding hydrogens is 767 g/mol. The number of benzene rings is 3. The Hall–Kier alpha value is -5.70. The van der Waals surface area contributed by atoms with E-state index in [9.17, 15) is 19.2 Å². The molecule has 0 fully saturated rings. The van der Waals surface area contributed by atoms with Crippen LogP contribution in [-0.2, 0) is 30.2 Å². The highest BCUT2D eigenvalue weighted by molar-refractivity contribution is 7.07. The zero-order chi connectivity index (χ0) is 39.3. The minimum absolute atomic E-state index is 0.00237. The summed E-state index contributed by atoms with van der Waals surface area (Å²) >= 11 is 13.9. The Morgan fingerprint density at radius 3 is 2.38 bits per heavy atom. The van der Waals surface area contributed by atoms with Gasteiger partial charge in [0, 0.05) is 24.1 Å². The number of hydrogen-bond donors (Lipinski definition) is 0. The standard InChI is InChI=1S/C39H34Cl2N6O7S/c1-7-53-36(50)30-21(3)42-38-47(31(30)23-11-8-20(2)9-12-23)34(48)29(55-38)17-22-10-15-27(28(16-22)52-6)54-37-43-33-32(35(49)45(5)39(51)44(33)4)46(37)19-24-13-14-25(40)18-26(24)41/h8-18,31H,7,19H2,1-6H3. The molecule has 16 heteroatoms. The summed E-state index contributed by atoms with van der Waals surface area (Å²) in [4.78, 5) is 63.3. The number of carbonyl (C=O) groups is 1. The van der Waals surface area contributed by atoms with Gasteiger partial charge < -0.3 is 14.2 Å². The summed E-state index contributed by atoms with van der Waals surface area (Å²) in [5, 5.41) is 0.811. The van der Waals surface area contributed by atoms with Crippen molar-refractivity contribution in [1.29, 1.82) is 0 Å². The normalized spacial score (nSPS) is 14.3. The summed E-state index contributed by atoms with van der Waals surface area (Å²) in [5.41, 5.74) is 2.60. The first-order valence-electron chi connectivity index (χ1n) is 17.0. The zero-order valence-electron chi connectivity index (χ0n) is 30.5. The summed E-state index contributed by atoms with van der Waals surface area (Å²) in [6.45, 7) is 5.68. The maximum atomic E-state index is 14.2. The molecule has 1 aliphatic rings. The maximum Gasteiger partial charge on any atom is 0.338 e. The zero-order valence-corrected chi connectivity index (χ0v) is 32.9. The molecule has 1 aliphatic heterocycles. The van der Waals surface area contributed by atoms with Crippen LogP contribution in [0.1, 0.15) is 42.1 Å². The van der Waals surface area contributed by atoms with Gasteiger partial charge in [-0.3, -0.25) is 27.9 Å². The van der Waals surface area contributed by atoms with Crippen LogP contribution < -0.4 is 35.6 Å². The Balaban J connectivity index is 1.31. The van der Waals surface area contributed by atoms with Crippen LogP contribution in [0.2, 0.25) is 10.0 Å². The van der Waals surface area contributed by atoms with E-state index >= 15 is 0 Å².